The third-order valence-corrected chi connectivity index (χ3v) is 5.48. The zero-order chi connectivity index (χ0) is 21.1. The summed E-state index contributed by atoms with van der Waals surface area (Å²) in [5.41, 5.74) is 3.73. The van der Waals surface area contributed by atoms with Gasteiger partial charge in [0.1, 0.15) is 11.6 Å². The Labute approximate surface area is 176 Å². The van der Waals surface area contributed by atoms with Crippen molar-refractivity contribution in [3.8, 4) is 11.4 Å². The number of aromatic nitrogens is 2. The summed E-state index contributed by atoms with van der Waals surface area (Å²) in [6.07, 6.45) is 3.43. The second-order valence-electron chi connectivity index (χ2n) is 7.84. The van der Waals surface area contributed by atoms with Gasteiger partial charge in [0.15, 0.2) is 5.82 Å². The maximum Gasteiger partial charge on any atom is 0.229 e. The molecule has 4 rings (SSSR count). The molecule has 0 bridgehead atoms. The lowest BCUT2D eigenvalue weighted by Crippen LogP contribution is -2.41. The van der Waals surface area contributed by atoms with E-state index in [2.05, 4.69) is 26.3 Å². The molecule has 1 aliphatic rings. The largest absolute Gasteiger partial charge is 0.356 e. The van der Waals surface area contributed by atoms with Crippen LogP contribution in [0.4, 0.5) is 15.9 Å². The van der Waals surface area contributed by atoms with E-state index in [0.717, 1.165) is 36.5 Å². The molecule has 0 aliphatic carbocycles. The Kier molecular flexibility index (Phi) is 5.74. The first-order valence-corrected chi connectivity index (χ1v) is 10.2. The van der Waals surface area contributed by atoms with Crippen molar-refractivity contribution in [1.29, 1.82) is 0 Å². The number of nitrogens with one attached hydrogen (secondary N) is 1. The molecule has 30 heavy (non-hydrogen) atoms. The number of piperidine rings is 1. The van der Waals surface area contributed by atoms with Crippen LogP contribution in [0.2, 0.25) is 0 Å². The number of aryl methyl sites for hydroxylation is 2. The number of halogens is 1. The number of rotatable bonds is 4. The molecule has 1 amide bonds. The minimum atomic E-state index is -0.317. The number of carbonyl (C=O) groups excluding carboxylic acids is 1. The lowest BCUT2D eigenvalue weighted by atomic mass is 9.96. The fraction of sp³-hybridized carbons (Fsp3) is 0.292. The normalized spacial score (nSPS) is 16.4. The van der Waals surface area contributed by atoms with E-state index < -0.39 is 0 Å². The number of carbonyl (C=O) groups is 1. The average Bonchev–Trinajstić information content (AvgIpc) is 2.76. The standard InChI is InChI=1S/C24H25FN4O/c1-16-8-9-21(17(2)13-16)27-24(30)19-6-4-12-29(15-19)22-10-11-26-23(28-22)18-5-3-7-20(25)14-18/h3,5,7-11,13-14,19H,4,6,12,15H2,1-2H3,(H,27,30)/t19-/m0/s1. The molecule has 5 nitrogen and oxygen atoms in total. The Morgan fingerprint density at radius 2 is 2.03 bits per heavy atom. The van der Waals surface area contributed by atoms with Crippen molar-refractivity contribution < 1.29 is 9.18 Å². The first-order valence-electron chi connectivity index (χ1n) is 10.2. The number of nitrogens with zero attached hydrogens (tertiary/aromatic N) is 3. The second kappa shape index (κ2) is 8.61. The van der Waals surface area contributed by atoms with E-state index in [4.69, 9.17) is 0 Å². The highest BCUT2D eigenvalue weighted by atomic mass is 19.1. The Hall–Kier alpha value is -3.28. The van der Waals surface area contributed by atoms with Gasteiger partial charge in [0.25, 0.3) is 0 Å². The third-order valence-electron chi connectivity index (χ3n) is 5.48. The zero-order valence-electron chi connectivity index (χ0n) is 17.2. The first kappa shape index (κ1) is 20.0. The fourth-order valence-electron chi connectivity index (χ4n) is 3.88. The van der Waals surface area contributed by atoms with E-state index in [1.54, 1.807) is 18.3 Å². The molecule has 1 aromatic heterocycles. The summed E-state index contributed by atoms with van der Waals surface area (Å²) in [5.74, 6) is 0.836. The van der Waals surface area contributed by atoms with Crippen LogP contribution >= 0.6 is 0 Å². The molecule has 6 heteroatoms. The quantitative estimate of drug-likeness (QED) is 0.681. The summed E-state index contributed by atoms with van der Waals surface area (Å²) in [7, 11) is 0. The predicted octanol–water partition coefficient (Wildman–Crippen LogP) is 4.75. The minimum absolute atomic E-state index is 0.0334. The zero-order valence-corrected chi connectivity index (χ0v) is 17.2. The van der Waals surface area contributed by atoms with Gasteiger partial charge >= 0.3 is 0 Å². The Bertz CT molecular complexity index is 1070. The Morgan fingerprint density at radius 1 is 1.17 bits per heavy atom. The van der Waals surface area contributed by atoms with E-state index in [9.17, 15) is 9.18 Å². The van der Waals surface area contributed by atoms with Crippen LogP contribution in [0.25, 0.3) is 11.4 Å². The molecule has 2 aromatic carbocycles. The summed E-state index contributed by atoms with van der Waals surface area (Å²) >= 11 is 0. The summed E-state index contributed by atoms with van der Waals surface area (Å²) in [6.45, 7) is 5.46. The van der Waals surface area contributed by atoms with Crippen LogP contribution in [0.15, 0.2) is 54.7 Å². The van der Waals surface area contributed by atoms with Crippen molar-refractivity contribution in [3.05, 3.63) is 71.7 Å². The SMILES string of the molecule is Cc1ccc(NC(=O)[C@H]2CCCN(c3ccnc(-c4cccc(F)c4)n3)C2)c(C)c1. The summed E-state index contributed by atoms with van der Waals surface area (Å²) in [5, 5.41) is 3.08. The van der Waals surface area contributed by atoms with Crippen molar-refractivity contribution >= 4 is 17.4 Å². The molecule has 2 heterocycles. The summed E-state index contributed by atoms with van der Waals surface area (Å²) < 4.78 is 13.6. The molecule has 1 aliphatic heterocycles. The molecule has 0 unspecified atom stereocenters. The fourth-order valence-corrected chi connectivity index (χ4v) is 3.88. The maximum atomic E-state index is 13.6. The lowest BCUT2D eigenvalue weighted by molar-refractivity contribution is -0.120. The third kappa shape index (κ3) is 4.48. The van der Waals surface area contributed by atoms with Crippen molar-refractivity contribution in [2.24, 2.45) is 5.92 Å². The predicted molar refractivity (Wildman–Crippen MR) is 117 cm³/mol. The van der Waals surface area contributed by atoms with Gasteiger partial charge in [-0.1, -0.05) is 29.8 Å². The summed E-state index contributed by atoms with van der Waals surface area (Å²) in [6, 6.07) is 14.1. The van der Waals surface area contributed by atoms with Crippen molar-refractivity contribution in [3.63, 3.8) is 0 Å². The number of amides is 1. The number of benzene rings is 2. The number of hydrogen-bond acceptors (Lipinski definition) is 4. The van der Waals surface area contributed by atoms with Crippen molar-refractivity contribution in [2.45, 2.75) is 26.7 Å². The van der Waals surface area contributed by atoms with Crippen LogP contribution < -0.4 is 10.2 Å². The minimum Gasteiger partial charge on any atom is -0.356 e. The maximum absolute atomic E-state index is 13.6. The molecular formula is C24H25FN4O. The molecule has 0 spiro atoms. The Morgan fingerprint density at radius 3 is 2.83 bits per heavy atom. The van der Waals surface area contributed by atoms with Crippen LogP contribution in [-0.4, -0.2) is 29.0 Å². The highest BCUT2D eigenvalue weighted by Crippen LogP contribution is 2.25. The molecule has 0 radical (unpaired) electrons. The van der Waals surface area contributed by atoms with Gasteiger partial charge in [0.2, 0.25) is 5.91 Å². The number of anilines is 2. The lowest BCUT2D eigenvalue weighted by Gasteiger charge is -2.33. The molecule has 1 fully saturated rings. The van der Waals surface area contributed by atoms with E-state index in [0.29, 0.717) is 17.9 Å². The van der Waals surface area contributed by atoms with Crippen molar-refractivity contribution in [1.82, 2.24) is 9.97 Å². The Balaban J connectivity index is 1.48. The first-order chi connectivity index (χ1) is 14.5. The van der Waals surface area contributed by atoms with E-state index in [-0.39, 0.29) is 17.6 Å². The van der Waals surface area contributed by atoms with Gasteiger partial charge in [0.05, 0.1) is 5.92 Å². The van der Waals surface area contributed by atoms with Gasteiger partial charge in [-0.25, -0.2) is 14.4 Å². The van der Waals surface area contributed by atoms with E-state index in [1.165, 1.54) is 17.7 Å². The van der Waals surface area contributed by atoms with E-state index >= 15 is 0 Å². The van der Waals surface area contributed by atoms with Gasteiger partial charge in [-0.05, 0) is 56.5 Å². The van der Waals surface area contributed by atoms with Crippen LogP contribution in [0, 0.1) is 25.6 Å². The van der Waals surface area contributed by atoms with Gasteiger partial charge in [-0.3, -0.25) is 4.79 Å². The smallest absolute Gasteiger partial charge is 0.229 e. The molecule has 154 valence electrons. The van der Waals surface area contributed by atoms with Gasteiger partial charge in [-0.15, -0.1) is 0 Å². The molecule has 3 aromatic rings. The second-order valence-corrected chi connectivity index (χ2v) is 7.84. The number of hydrogen-bond donors (Lipinski definition) is 1. The molecular weight excluding hydrogens is 379 g/mol. The van der Waals surface area contributed by atoms with Crippen LogP contribution in [0.1, 0.15) is 24.0 Å². The average molecular weight is 404 g/mol. The van der Waals surface area contributed by atoms with Gasteiger partial charge in [-0.2, -0.15) is 0 Å². The van der Waals surface area contributed by atoms with Crippen molar-refractivity contribution in [2.75, 3.05) is 23.3 Å². The molecule has 1 atom stereocenters. The van der Waals surface area contributed by atoms with Gasteiger partial charge in [0, 0.05) is 30.5 Å². The topological polar surface area (TPSA) is 58.1 Å². The molecule has 1 N–H and O–H groups in total. The van der Waals surface area contributed by atoms with Crippen LogP contribution in [-0.2, 0) is 4.79 Å². The monoisotopic (exact) mass is 404 g/mol. The molecule has 0 saturated carbocycles. The summed E-state index contributed by atoms with van der Waals surface area (Å²) in [4.78, 5) is 23.9. The van der Waals surface area contributed by atoms with Gasteiger partial charge < -0.3 is 10.2 Å². The highest BCUT2D eigenvalue weighted by Gasteiger charge is 2.27. The highest BCUT2D eigenvalue weighted by molar-refractivity contribution is 5.93. The molecule has 1 saturated heterocycles. The van der Waals surface area contributed by atoms with Crippen LogP contribution in [0.3, 0.4) is 0 Å². The van der Waals surface area contributed by atoms with E-state index in [1.807, 2.05) is 32.0 Å². The van der Waals surface area contributed by atoms with Crippen LogP contribution in [0.5, 0.6) is 0 Å².